The van der Waals surface area contributed by atoms with Gasteiger partial charge in [-0.1, -0.05) is 19.8 Å². The molecule has 0 radical (unpaired) electrons. The average Bonchev–Trinajstić information content (AvgIpc) is 2.76. The average molecular weight is 441 g/mol. The minimum Gasteiger partial charge on any atom is -0.410 e. The summed E-state index contributed by atoms with van der Waals surface area (Å²) in [5.74, 6) is -2.00. The number of unbranched alkanes of at least 4 members (excludes halogenated alkanes) is 3. The van der Waals surface area contributed by atoms with Crippen molar-refractivity contribution in [2.75, 3.05) is 33.8 Å². The summed E-state index contributed by atoms with van der Waals surface area (Å²) in [7, 11) is 3.87. The molecule has 1 amide bonds. The zero-order valence-corrected chi connectivity index (χ0v) is 19.2. The van der Waals surface area contributed by atoms with Crippen LogP contribution in [0.25, 0.3) is 0 Å². The quantitative estimate of drug-likeness (QED) is 0.395. The fourth-order valence-electron chi connectivity index (χ4n) is 3.94. The van der Waals surface area contributed by atoms with E-state index in [0.717, 1.165) is 63.8 Å². The highest BCUT2D eigenvalue weighted by molar-refractivity contribution is 5.70. The van der Waals surface area contributed by atoms with E-state index >= 15 is 0 Å². The van der Waals surface area contributed by atoms with Gasteiger partial charge < -0.3 is 19.3 Å². The maximum atomic E-state index is 13.3. The Balaban J connectivity index is 1.59. The van der Waals surface area contributed by atoms with Crippen molar-refractivity contribution in [3.63, 3.8) is 0 Å². The van der Waals surface area contributed by atoms with Crippen molar-refractivity contribution in [2.24, 2.45) is 0 Å². The van der Waals surface area contributed by atoms with Crippen LogP contribution in [-0.2, 0) is 4.74 Å². The van der Waals surface area contributed by atoms with E-state index in [1.807, 2.05) is 0 Å². The lowest BCUT2D eigenvalue weighted by Crippen LogP contribution is -2.42. The predicted octanol–water partition coefficient (Wildman–Crippen LogP) is 5.63. The molecule has 2 rings (SSSR count). The summed E-state index contributed by atoms with van der Waals surface area (Å²) in [6.07, 6.45) is 9.23. The molecule has 1 fully saturated rings. The van der Waals surface area contributed by atoms with E-state index in [1.54, 1.807) is 11.9 Å². The van der Waals surface area contributed by atoms with Crippen molar-refractivity contribution in [1.29, 1.82) is 0 Å². The van der Waals surface area contributed by atoms with E-state index in [0.29, 0.717) is 0 Å². The fraction of sp³-hybridized carbons (Fsp3) is 0.708. The highest BCUT2D eigenvalue weighted by Crippen LogP contribution is 2.26. The molecule has 1 aliphatic rings. The molecule has 0 bridgehead atoms. The fourth-order valence-corrected chi connectivity index (χ4v) is 3.94. The van der Waals surface area contributed by atoms with Crippen molar-refractivity contribution in [3.8, 4) is 5.75 Å². The Bertz CT molecular complexity index is 666. The Hall–Kier alpha value is -1.73. The molecule has 0 N–H and O–H groups in total. The minimum absolute atomic E-state index is 0.00350. The number of carbonyl (C=O) groups is 1. The molecular weight excluding hydrogens is 402 g/mol. The molecular formula is C24H38F2N2O3. The summed E-state index contributed by atoms with van der Waals surface area (Å²) in [6.45, 7) is 5.30. The van der Waals surface area contributed by atoms with Crippen LogP contribution in [0.5, 0.6) is 5.75 Å². The van der Waals surface area contributed by atoms with E-state index in [-0.39, 0.29) is 17.9 Å². The molecule has 31 heavy (non-hydrogen) atoms. The number of nitrogens with zero attached hydrogens (tertiary/aromatic N) is 2. The van der Waals surface area contributed by atoms with Crippen LogP contribution in [0.3, 0.4) is 0 Å². The number of hydrogen-bond donors (Lipinski definition) is 0. The standard InChI is InChI=1S/C24H38F2N2O3/c1-4-5-6-15-27(2)16-7-8-17-30-20-11-9-19(10-12-20)28(3)24(29)31-21-13-14-22(25)23(26)18-21/h13-14,18-20H,4-12,15-17H2,1-3H3. The second-order valence-corrected chi connectivity index (χ2v) is 8.57. The zero-order chi connectivity index (χ0) is 22.6. The van der Waals surface area contributed by atoms with Crippen molar-refractivity contribution in [3.05, 3.63) is 29.8 Å². The van der Waals surface area contributed by atoms with Crippen LogP contribution in [0.15, 0.2) is 18.2 Å². The Morgan fingerprint density at radius 3 is 2.32 bits per heavy atom. The maximum absolute atomic E-state index is 13.3. The van der Waals surface area contributed by atoms with Crippen LogP contribution in [0.2, 0.25) is 0 Å². The highest BCUT2D eigenvalue weighted by Gasteiger charge is 2.28. The van der Waals surface area contributed by atoms with Crippen LogP contribution in [-0.4, -0.2) is 61.8 Å². The number of ether oxygens (including phenoxy) is 2. The van der Waals surface area contributed by atoms with Gasteiger partial charge in [0, 0.05) is 25.8 Å². The molecule has 0 heterocycles. The van der Waals surface area contributed by atoms with E-state index < -0.39 is 17.7 Å². The van der Waals surface area contributed by atoms with Gasteiger partial charge in [0.2, 0.25) is 0 Å². The molecule has 0 atom stereocenters. The Kier molecular flexibility index (Phi) is 11.2. The van der Waals surface area contributed by atoms with Crippen LogP contribution in [0, 0.1) is 11.6 Å². The molecule has 1 saturated carbocycles. The summed E-state index contributed by atoms with van der Waals surface area (Å²) >= 11 is 0. The third-order valence-electron chi connectivity index (χ3n) is 6.01. The topological polar surface area (TPSA) is 42.0 Å². The van der Waals surface area contributed by atoms with Gasteiger partial charge in [-0.05, 0) is 77.2 Å². The van der Waals surface area contributed by atoms with Crippen LogP contribution in [0.1, 0.15) is 64.7 Å². The molecule has 0 spiro atoms. The molecule has 7 heteroatoms. The van der Waals surface area contributed by atoms with Crippen LogP contribution >= 0.6 is 0 Å². The molecule has 176 valence electrons. The molecule has 1 aliphatic carbocycles. The number of hydrogen-bond acceptors (Lipinski definition) is 4. The summed E-state index contributed by atoms with van der Waals surface area (Å²) in [6, 6.07) is 3.15. The Morgan fingerprint density at radius 2 is 1.68 bits per heavy atom. The lowest BCUT2D eigenvalue weighted by molar-refractivity contribution is 0.0101. The summed E-state index contributed by atoms with van der Waals surface area (Å²) < 4.78 is 37.5. The summed E-state index contributed by atoms with van der Waals surface area (Å²) in [5.41, 5.74) is 0. The van der Waals surface area contributed by atoms with Gasteiger partial charge in [0.1, 0.15) is 5.75 Å². The van der Waals surface area contributed by atoms with Gasteiger partial charge in [0.05, 0.1) is 6.10 Å². The largest absolute Gasteiger partial charge is 0.415 e. The zero-order valence-electron chi connectivity index (χ0n) is 19.2. The van der Waals surface area contributed by atoms with Crippen LogP contribution in [0.4, 0.5) is 13.6 Å². The number of carbonyl (C=O) groups excluding carboxylic acids is 1. The normalized spacial score (nSPS) is 18.9. The number of halogens is 2. The second kappa shape index (κ2) is 13.6. The molecule has 1 aromatic rings. The van der Waals surface area contributed by atoms with Crippen molar-refractivity contribution in [2.45, 2.75) is 76.9 Å². The van der Waals surface area contributed by atoms with Crippen molar-refractivity contribution in [1.82, 2.24) is 9.80 Å². The molecule has 0 saturated heterocycles. The first-order valence-corrected chi connectivity index (χ1v) is 11.6. The van der Waals surface area contributed by atoms with Gasteiger partial charge in [-0.2, -0.15) is 0 Å². The van der Waals surface area contributed by atoms with Gasteiger partial charge in [0.25, 0.3) is 0 Å². The van der Waals surface area contributed by atoms with Gasteiger partial charge in [-0.25, -0.2) is 13.6 Å². The van der Waals surface area contributed by atoms with Crippen molar-refractivity contribution < 1.29 is 23.0 Å². The third kappa shape index (κ3) is 9.11. The highest BCUT2D eigenvalue weighted by atomic mass is 19.2. The molecule has 0 aromatic heterocycles. The van der Waals surface area contributed by atoms with Crippen molar-refractivity contribution >= 4 is 6.09 Å². The molecule has 5 nitrogen and oxygen atoms in total. The van der Waals surface area contributed by atoms with E-state index in [9.17, 15) is 13.6 Å². The minimum atomic E-state index is -1.03. The SMILES string of the molecule is CCCCCN(C)CCCCOC1CCC(N(C)C(=O)Oc2ccc(F)c(F)c2)CC1. The number of amides is 1. The van der Waals surface area contributed by atoms with E-state index in [2.05, 4.69) is 18.9 Å². The summed E-state index contributed by atoms with van der Waals surface area (Å²) in [4.78, 5) is 16.3. The van der Waals surface area contributed by atoms with Crippen LogP contribution < -0.4 is 4.74 Å². The van der Waals surface area contributed by atoms with Gasteiger partial charge in [-0.3, -0.25) is 0 Å². The lowest BCUT2D eigenvalue weighted by Gasteiger charge is -2.34. The Morgan fingerprint density at radius 1 is 1.00 bits per heavy atom. The first-order valence-electron chi connectivity index (χ1n) is 11.6. The first-order chi connectivity index (χ1) is 14.9. The number of rotatable bonds is 12. The maximum Gasteiger partial charge on any atom is 0.415 e. The predicted molar refractivity (Wildman–Crippen MR) is 118 cm³/mol. The summed E-state index contributed by atoms with van der Waals surface area (Å²) in [5, 5.41) is 0. The smallest absolute Gasteiger partial charge is 0.410 e. The lowest BCUT2D eigenvalue weighted by atomic mass is 9.92. The van der Waals surface area contributed by atoms with E-state index in [4.69, 9.17) is 9.47 Å². The first kappa shape index (κ1) is 25.5. The number of benzene rings is 1. The third-order valence-corrected chi connectivity index (χ3v) is 6.01. The molecule has 1 aromatic carbocycles. The van der Waals surface area contributed by atoms with Gasteiger partial charge in [-0.15, -0.1) is 0 Å². The molecule has 0 aliphatic heterocycles. The van der Waals surface area contributed by atoms with E-state index in [1.165, 1.54) is 31.9 Å². The molecule has 0 unspecified atom stereocenters. The van der Waals surface area contributed by atoms with Gasteiger partial charge in [0.15, 0.2) is 11.6 Å². The van der Waals surface area contributed by atoms with Gasteiger partial charge >= 0.3 is 6.09 Å². The Labute approximate surface area is 185 Å². The second-order valence-electron chi connectivity index (χ2n) is 8.57. The monoisotopic (exact) mass is 440 g/mol.